The van der Waals surface area contributed by atoms with Crippen LogP contribution in [0, 0.1) is 0 Å². The van der Waals surface area contributed by atoms with Crippen molar-refractivity contribution in [2.24, 2.45) is 0 Å². The number of hydrogen-bond acceptors (Lipinski definition) is 3. The lowest BCUT2D eigenvalue weighted by molar-refractivity contribution is 0.0709. The zero-order chi connectivity index (χ0) is 15.5. The van der Waals surface area contributed by atoms with Gasteiger partial charge in [0.15, 0.2) is 5.78 Å². The first-order valence-electron chi connectivity index (χ1n) is 7.58. The van der Waals surface area contributed by atoms with Crippen LogP contribution < -0.4 is 0 Å². The van der Waals surface area contributed by atoms with Crippen molar-refractivity contribution in [3.05, 3.63) is 57.8 Å². The van der Waals surface area contributed by atoms with Crippen LogP contribution in [0.4, 0.5) is 0 Å². The van der Waals surface area contributed by atoms with E-state index >= 15 is 0 Å². The molecule has 3 nitrogen and oxygen atoms in total. The summed E-state index contributed by atoms with van der Waals surface area (Å²) in [5.74, 6) is 0.477. The van der Waals surface area contributed by atoms with E-state index in [-0.39, 0.29) is 11.7 Å². The molecule has 1 aliphatic rings. The molecule has 1 aliphatic heterocycles. The number of carbonyl (C=O) groups is 2. The van der Waals surface area contributed by atoms with Gasteiger partial charge in [0.05, 0.1) is 5.56 Å². The highest BCUT2D eigenvalue weighted by Crippen LogP contribution is 2.30. The summed E-state index contributed by atoms with van der Waals surface area (Å²) in [5, 5.41) is 4.31. The topological polar surface area (TPSA) is 37.4 Å². The number of Topliss-reactive ketones (excluding diaryl/α,β-unsaturated/α-hetero) is 1. The summed E-state index contributed by atoms with van der Waals surface area (Å²) in [6.07, 6.45) is 1.98. The van der Waals surface area contributed by atoms with E-state index in [9.17, 15) is 9.59 Å². The van der Waals surface area contributed by atoms with E-state index in [0.717, 1.165) is 25.9 Å². The fourth-order valence-electron chi connectivity index (χ4n) is 3.07. The first-order chi connectivity index (χ1) is 10.7. The molecule has 0 aliphatic carbocycles. The quantitative estimate of drug-likeness (QED) is 0.804. The predicted molar refractivity (Wildman–Crippen MR) is 88.6 cm³/mol. The van der Waals surface area contributed by atoms with Crippen LogP contribution in [0.2, 0.25) is 0 Å². The molecule has 114 valence electrons. The van der Waals surface area contributed by atoms with E-state index in [2.05, 4.69) is 16.8 Å². The molecule has 0 spiro atoms. The molecule has 0 saturated carbocycles. The van der Waals surface area contributed by atoms with Gasteiger partial charge in [-0.05, 0) is 54.1 Å². The maximum absolute atomic E-state index is 12.7. The molecular weight excluding hydrogens is 294 g/mol. The molecule has 0 bridgehead atoms. The van der Waals surface area contributed by atoms with Crippen LogP contribution in [-0.4, -0.2) is 29.7 Å². The molecule has 1 amide bonds. The lowest BCUT2D eigenvalue weighted by atomic mass is 9.91. The molecule has 4 heteroatoms. The fraction of sp³-hybridized carbons (Fsp3) is 0.333. The predicted octanol–water partition coefficient (Wildman–Crippen LogP) is 3.97. The number of ketones is 1. The van der Waals surface area contributed by atoms with Crippen molar-refractivity contribution >= 4 is 23.0 Å². The standard InChI is InChI=1S/C18H19NO2S/c1-13(20)16-4-2-3-5-17(16)18(21)19-9-6-14(7-10-19)15-8-11-22-12-15/h2-5,8,11-12,14H,6-7,9-10H2,1H3. The maximum atomic E-state index is 12.7. The summed E-state index contributed by atoms with van der Waals surface area (Å²) in [5.41, 5.74) is 2.44. The van der Waals surface area contributed by atoms with Gasteiger partial charge in [0.25, 0.3) is 5.91 Å². The van der Waals surface area contributed by atoms with Gasteiger partial charge < -0.3 is 4.90 Å². The van der Waals surface area contributed by atoms with Gasteiger partial charge in [-0.15, -0.1) is 0 Å². The van der Waals surface area contributed by atoms with E-state index in [1.807, 2.05) is 11.0 Å². The maximum Gasteiger partial charge on any atom is 0.254 e. The van der Waals surface area contributed by atoms with Gasteiger partial charge in [-0.1, -0.05) is 18.2 Å². The van der Waals surface area contributed by atoms with Gasteiger partial charge in [0, 0.05) is 18.7 Å². The lowest BCUT2D eigenvalue weighted by Crippen LogP contribution is -2.38. The summed E-state index contributed by atoms with van der Waals surface area (Å²) in [4.78, 5) is 26.3. The second-order valence-electron chi connectivity index (χ2n) is 5.72. The van der Waals surface area contributed by atoms with Crippen molar-refractivity contribution in [3.8, 4) is 0 Å². The summed E-state index contributed by atoms with van der Waals surface area (Å²) < 4.78 is 0. The van der Waals surface area contributed by atoms with Gasteiger partial charge in [-0.3, -0.25) is 9.59 Å². The summed E-state index contributed by atoms with van der Waals surface area (Å²) in [7, 11) is 0. The van der Waals surface area contributed by atoms with Crippen LogP contribution in [0.5, 0.6) is 0 Å². The Hall–Kier alpha value is -1.94. The number of nitrogens with zero attached hydrogens (tertiary/aromatic N) is 1. The second kappa shape index (κ2) is 6.44. The number of carbonyl (C=O) groups excluding carboxylic acids is 2. The minimum absolute atomic E-state index is 0.0189. The normalized spacial score (nSPS) is 15.8. The molecule has 0 unspecified atom stereocenters. The largest absolute Gasteiger partial charge is 0.339 e. The molecule has 2 aromatic rings. The highest BCUT2D eigenvalue weighted by molar-refractivity contribution is 7.07. The highest BCUT2D eigenvalue weighted by Gasteiger charge is 2.26. The number of amides is 1. The lowest BCUT2D eigenvalue weighted by Gasteiger charge is -2.32. The van der Waals surface area contributed by atoms with Crippen LogP contribution >= 0.6 is 11.3 Å². The van der Waals surface area contributed by atoms with Gasteiger partial charge in [-0.2, -0.15) is 11.3 Å². The SMILES string of the molecule is CC(=O)c1ccccc1C(=O)N1CCC(c2ccsc2)CC1. The van der Waals surface area contributed by atoms with E-state index in [4.69, 9.17) is 0 Å². The zero-order valence-electron chi connectivity index (χ0n) is 12.6. The average Bonchev–Trinajstić information content (AvgIpc) is 3.09. The minimum atomic E-state index is -0.0582. The Labute approximate surface area is 134 Å². The summed E-state index contributed by atoms with van der Waals surface area (Å²) in [6.45, 7) is 3.02. The molecule has 3 rings (SSSR count). The zero-order valence-corrected chi connectivity index (χ0v) is 13.4. The molecule has 2 heterocycles. The molecular formula is C18H19NO2S. The van der Waals surface area contributed by atoms with Crippen LogP contribution in [0.3, 0.4) is 0 Å². The van der Waals surface area contributed by atoms with E-state index in [1.165, 1.54) is 12.5 Å². The smallest absolute Gasteiger partial charge is 0.254 e. The Kier molecular flexibility index (Phi) is 4.39. The van der Waals surface area contributed by atoms with Crippen LogP contribution in [0.15, 0.2) is 41.1 Å². The molecule has 22 heavy (non-hydrogen) atoms. The van der Waals surface area contributed by atoms with Gasteiger partial charge in [0.1, 0.15) is 0 Å². The monoisotopic (exact) mass is 313 g/mol. The molecule has 0 radical (unpaired) electrons. The van der Waals surface area contributed by atoms with Crippen molar-refractivity contribution in [1.29, 1.82) is 0 Å². The first kappa shape index (κ1) is 15.0. The summed E-state index contributed by atoms with van der Waals surface area (Å²) >= 11 is 1.72. The molecule has 0 atom stereocenters. The number of rotatable bonds is 3. The van der Waals surface area contributed by atoms with Crippen molar-refractivity contribution in [1.82, 2.24) is 4.90 Å². The molecule has 1 aromatic heterocycles. The Bertz CT molecular complexity index is 670. The minimum Gasteiger partial charge on any atom is -0.339 e. The van der Waals surface area contributed by atoms with Crippen molar-refractivity contribution < 1.29 is 9.59 Å². The average molecular weight is 313 g/mol. The van der Waals surface area contributed by atoms with Crippen LogP contribution in [0.25, 0.3) is 0 Å². The number of piperidine rings is 1. The molecule has 1 fully saturated rings. The fourth-order valence-corrected chi connectivity index (χ4v) is 3.81. The van der Waals surface area contributed by atoms with E-state index in [1.54, 1.807) is 29.5 Å². The van der Waals surface area contributed by atoms with E-state index in [0.29, 0.717) is 17.0 Å². The van der Waals surface area contributed by atoms with Gasteiger partial charge >= 0.3 is 0 Å². The third kappa shape index (κ3) is 2.97. The Morgan fingerprint density at radius 2 is 1.77 bits per heavy atom. The Balaban J connectivity index is 1.71. The van der Waals surface area contributed by atoms with E-state index < -0.39 is 0 Å². The van der Waals surface area contributed by atoms with Crippen molar-refractivity contribution in [3.63, 3.8) is 0 Å². The number of hydrogen-bond donors (Lipinski definition) is 0. The van der Waals surface area contributed by atoms with Crippen LogP contribution in [0.1, 0.15) is 52.0 Å². The Morgan fingerprint density at radius 1 is 1.09 bits per heavy atom. The highest BCUT2D eigenvalue weighted by atomic mass is 32.1. The molecule has 0 N–H and O–H groups in total. The molecule has 1 aromatic carbocycles. The van der Waals surface area contributed by atoms with Gasteiger partial charge in [-0.25, -0.2) is 0 Å². The third-order valence-corrected chi connectivity index (χ3v) is 5.03. The number of thiophene rings is 1. The van der Waals surface area contributed by atoms with Crippen molar-refractivity contribution in [2.75, 3.05) is 13.1 Å². The van der Waals surface area contributed by atoms with Crippen LogP contribution in [-0.2, 0) is 0 Å². The number of benzene rings is 1. The third-order valence-electron chi connectivity index (χ3n) is 4.33. The Morgan fingerprint density at radius 3 is 2.36 bits per heavy atom. The first-order valence-corrected chi connectivity index (χ1v) is 8.52. The number of likely N-dealkylation sites (tertiary alicyclic amines) is 1. The second-order valence-corrected chi connectivity index (χ2v) is 6.50. The van der Waals surface area contributed by atoms with Crippen molar-refractivity contribution in [2.45, 2.75) is 25.7 Å². The van der Waals surface area contributed by atoms with Gasteiger partial charge in [0.2, 0.25) is 0 Å². The summed E-state index contributed by atoms with van der Waals surface area (Å²) in [6, 6.07) is 9.28. The molecule has 1 saturated heterocycles.